The van der Waals surface area contributed by atoms with Crippen LogP contribution in [0.3, 0.4) is 0 Å². The van der Waals surface area contributed by atoms with Crippen LogP contribution in [0, 0.1) is 5.92 Å². The van der Waals surface area contributed by atoms with E-state index < -0.39 is 0 Å². The van der Waals surface area contributed by atoms with Gasteiger partial charge in [-0.05, 0) is 43.1 Å². The van der Waals surface area contributed by atoms with Crippen molar-refractivity contribution in [3.63, 3.8) is 0 Å². The minimum absolute atomic E-state index is 0.368. The van der Waals surface area contributed by atoms with Crippen molar-refractivity contribution >= 4 is 10.8 Å². The molecule has 106 valence electrons. The molecule has 1 saturated heterocycles. The van der Waals surface area contributed by atoms with Crippen LogP contribution in [0.1, 0.15) is 18.9 Å². The van der Waals surface area contributed by atoms with Crippen LogP contribution in [-0.4, -0.2) is 25.8 Å². The fourth-order valence-corrected chi connectivity index (χ4v) is 3.36. The summed E-state index contributed by atoms with van der Waals surface area (Å²) < 4.78 is 5.72. The summed E-state index contributed by atoms with van der Waals surface area (Å²) in [6.07, 6.45) is 2.60. The number of fused-ring (bicyclic) bond motifs is 1. The van der Waals surface area contributed by atoms with E-state index in [-0.39, 0.29) is 0 Å². The first-order valence-electron chi connectivity index (χ1n) is 7.54. The fourth-order valence-electron chi connectivity index (χ4n) is 3.36. The van der Waals surface area contributed by atoms with E-state index in [9.17, 15) is 0 Å². The molecule has 1 aliphatic heterocycles. The average Bonchev–Trinajstić information content (AvgIpc) is 2.91. The van der Waals surface area contributed by atoms with Crippen LogP contribution < -0.4 is 5.32 Å². The molecule has 2 nitrogen and oxygen atoms in total. The molecule has 0 radical (unpaired) electrons. The molecule has 2 heteroatoms. The van der Waals surface area contributed by atoms with Crippen molar-refractivity contribution in [3.8, 4) is 0 Å². The second kappa shape index (κ2) is 5.94. The van der Waals surface area contributed by atoms with E-state index >= 15 is 0 Å². The van der Waals surface area contributed by atoms with Gasteiger partial charge in [-0.25, -0.2) is 0 Å². The molecule has 0 aliphatic carbocycles. The van der Waals surface area contributed by atoms with E-state index in [4.69, 9.17) is 4.74 Å². The molecule has 0 aromatic heterocycles. The molecule has 0 saturated carbocycles. The Bertz CT molecular complexity index is 580. The highest BCUT2D eigenvalue weighted by Gasteiger charge is 2.30. The molecule has 2 aromatic rings. The lowest BCUT2D eigenvalue weighted by molar-refractivity contribution is 0.0963. The highest BCUT2D eigenvalue weighted by Crippen LogP contribution is 2.26. The zero-order chi connectivity index (χ0) is 13.9. The second-order valence-electron chi connectivity index (χ2n) is 5.81. The van der Waals surface area contributed by atoms with Crippen LogP contribution >= 0.6 is 0 Å². The van der Waals surface area contributed by atoms with E-state index in [2.05, 4.69) is 61.8 Å². The summed E-state index contributed by atoms with van der Waals surface area (Å²) in [6, 6.07) is 15.9. The highest BCUT2D eigenvalue weighted by molar-refractivity contribution is 5.82. The van der Waals surface area contributed by atoms with Gasteiger partial charge >= 0.3 is 0 Å². The summed E-state index contributed by atoms with van der Waals surface area (Å²) in [5.74, 6) is 0.617. The van der Waals surface area contributed by atoms with Crippen LogP contribution in [0.25, 0.3) is 10.8 Å². The van der Waals surface area contributed by atoms with Crippen LogP contribution in [0.5, 0.6) is 0 Å². The van der Waals surface area contributed by atoms with Crippen molar-refractivity contribution in [2.45, 2.75) is 31.9 Å². The zero-order valence-electron chi connectivity index (χ0n) is 12.3. The third-order valence-corrected chi connectivity index (χ3v) is 4.59. The van der Waals surface area contributed by atoms with Crippen molar-refractivity contribution in [2.24, 2.45) is 5.92 Å². The molecule has 0 amide bonds. The van der Waals surface area contributed by atoms with E-state index in [0.717, 1.165) is 13.0 Å². The van der Waals surface area contributed by atoms with Gasteiger partial charge < -0.3 is 10.1 Å². The zero-order valence-corrected chi connectivity index (χ0v) is 12.3. The molecule has 1 heterocycles. The molecule has 20 heavy (non-hydrogen) atoms. The highest BCUT2D eigenvalue weighted by atomic mass is 16.5. The van der Waals surface area contributed by atoms with Gasteiger partial charge in [-0.2, -0.15) is 0 Å². The molecule has 2 aromatic carbocycles. The lowest BCUT2D eigenvalue weighted by atomic mass is 9.88. The molecule has 1 aliphatic rings. The first-order valence-corrected chi connectivity index (χ1v) is 7.54. The summed E-state index contributed by atoms with van der Waals surface area (Å²) in [7, 11) is 2.07. The summed E-state index contributed by atoms with van der Waals surface area (Å²) in [5, 5.41) is 6.13. The van der Waals surface area contributed by atoms with Gasteiger partial charge in [0, 0.05) is 18.6 Å². The molecular weight excluding hydrogens is 246 g/mol. The Kier molecular flexibility index (Phi) is 4.04. The molecule has 3 atom stereocenters. The van der Waals surface area contributed by atoms with Crippen molar-refractivity contribution < 1.29 is 4.74 Å². The Labute approximate surface area is 121 Å². The SMILES string of the molecule is CNC(Cc1ccc2ccccc2c1)C1CCOC1C. The summed E-state index contributed by atoms with van der Waals surface area (Å²) in [5.41, 5.74) is 1.40. The number of ether oxygens (including phenoxy) is 1. The number of hydrogen-bond acceptors (Lipinski definition) is 2. The van der Waals surface area contributed by atoms with Crippen LogP contribution in [-0.2, 0) is 11.2 Å². The van der Waals surface area contributed by atoms with Gasteiger partial charge in [0.25, 0.3) is 0 Å². The number of hydrogen-bond donors (Lipinski definition) is 1. The monoisotopic (exact) mass is 269 g/mol. The molecule has 3 unspecified atom stereocenters. The Morgan fingerprint density at radius 1 is 1.20 bits per heavy atom. The van der Waals surface area contributed by atoms with Gasteiger partial charge in [0.05, 0.1) is 6.10 Å². The smallest absolute Gasteiger partial charge is 0.0590 e. The van der Waals surface area contributed by atoms with Crippen LogP contribution in [0.2, 0.25) is 0 Å². The molecule has 0 bridgehead atoms. The van der Waals surface area contributed by atoms with Gasteiger partial charge in [0.15, 0.2) is 0 Å². The maximum Gasteiger partial charge on any atom is 0.0590 e. The number of benzene rings is 2. The van der Waals surface area contributed by atoms with Gasteiger partial charge in [-0.15, -0.1) is 0 Å². The van der Waals surface area contributed by atoms with Gasteiger partial charge in [-0.1, -0.05) is 42.5 Å². The van der Waals surface area contributed by atoms with Crippen LogP contribution in [0.4, 0.5) is 0 Å². The topological polar surface area (TPSA) is 21.3 Å². The Hall–Kier alpha value is -1.38. The second-order valence-corrected chi connectivity index (χ2v) is 5.81. The van der Waals surface area contributed by atoms with Crippen molar-refractivity contribution in [1.82, 2.24) is 5.32 Å². The molecule has 1 N–H and O–H groups in total. The normalized spacial score (nSPS) is 24.1. The maximum absolute atomic E-state index is 5.72. The third kappa shape index (κ3) is 2.72. The fraction of sp³-hybridized carbons (Fsp3) is 0.444. The summed E-state index contributed by atoms with van der Waals surface area (Å²) in [6.45, 7) is 3.10. The average molecular weight is 269 g/mol. The predicted molar refractivity (Wildman–Crippen MR) is 84.0 cm³/mol. The van der Waals surface area contributed by atoms with E-state index in [1.54, 1.807) is 0 Å². The maximum atomic E-state index is 5.72. The minimum atomic E-state index is 0.368. The van der Waals surface area contributed by atoms with Crippen molar-refractivity contribution in [2.75, 3.05) is 13.7 Å². The van der Waals surface area contributed by atoms with E-state index in [1.807, 2.05) is 0 Å². The standard InChI is InChI=1S/C18H23NO/c1-13-17(9-10-20-13)18(19-2)12-14-7-8-15-5-3-4-6-16(15)11-14/h3-8,11,13,17-19H,9-10,12H2,1-2H3. The third-order valence-electron chi connectivity index (χ3n) is 4.59. The predicted octanol–water partition coefficient (Wildman–Crippen LogP) is 3.40. The van der Waals surface area contributed by atoms with E-state index in [0.29, 0.717) is 18.1 Å². The van der Waals surface area contributed by atoms with Crippen LogP contribution in [0.15, 0.2) is 42.5 Å². The van der Waals surface area contributed by atoms with Crippen molar-refractivity contribution in [1.29, 1.82) is 0 Å². The van der Waals surface area contributed by atoms with Gasteiger partial charge in [0.1, 0.15) is 0 Å². The molecule has 3 rings (SSSR count). The largest absolute Gasteiger partial charge is 0.378 e. The lowest BCUT2D eigenvalue weighted by Crippen LogP contribution is -2.38. The summed E-state index contributed by atoms with van der Waals surface area (Å²) in [4.78, 5) is 0. The molecular formula is C18H23NO. The number of likely N-dealkylation sites (N-methyl/N-ethyl adjacent to an activating group) is 1. The lowest BCUT2D eigenvalue weighted by Gasteiger charge is -2.25. The summed E-state index contributed by atoms with van der Waals surface area (Å²) >= 11 is 0. The Morgan fingerprint density at radius 2 is 2.00 bits per heavy atom. The molecule has 1 fully saturated rings. The van der Waals surface area contributed by atoms with Gasteiger partial charge in [-0.3, -0.25) is 0 Å². The Morgan fingerprint density at radius 3 is 2.70 bits per heavy atom. The number of rotatable bonds is 4. The van der Waals surface area contributed by atoms with Crippen molar-refractivity contribution in [3.05, 3.63) is 48.0 Å². The minimum Gasteiger partial charge on any atom is -0.378 e. The first kappa shape index (κ1) is 13.6. The van der Waals surface area contributed by atoms with Gasteiger partial charge in [0.2, 0.25) is 0 Å². The Balaban J connectivity index is 1.80. The molecule has 0 spiro atoms. The quantitative estimate of drug-likeness (QED) is 0.918. The number of nitrogens with one attached hydrogen (secondary N) is 1. The van der Waals surface area contributed by atoms with E-state index in [1.165, 1.54) is 22.8 Å². The first-order chi connectivity index (χ1) is 9.78.